The predicted molar refractivity (Wildman–Crippen MR) is 60.5 cm³/mol. The first kappa shape index (κ1) is 13.9. The number of hydrogen-bond donors (Lipinski definition) is 0. The zero-order valence-electron chi connectivity index (χ0n) is 10.6. The maximum absolute atomic E-state index is 5.73. The van der Waals surface area contributed by atoms with Gasteiger partial charge in [-0.25, -0.2) is 0 Å². The molecule has 0 radical (unpaired) electrons. The summed E-state index contributed by atoms with van der Waals surface area (Å²) in [6.07, 6.45) is 1.15. The third kappa shape index (κ3) is 6.39. The van der Waals surface area contributed by atoms with Gasteiger partial charge in [-0.05, 0) is 11.8 Å². The molecule has 14 heavy (non-hydrogen) atoms. The van der Waals surface area contributed by atoms with Crippen LogP contribution in [0.3, 0.4) is 0 Å². The van der Waals surface area contributed by atoms with Crippen LogP contribution in [0.4, 0.5) is 0 Å². The van der Waals surface area contributed by atoms with Crippen LogP contribution in [0.5, 0.6) is 0 Å². The average molecular weight is 202 g/mol. The van der Waals surface area contributed by atoms with Crippen LogP contribution in [0.25, 0.3) is 0 Å². The molecule has 0 aromatic carbocycles. The molecule has 0 aliphatic carbocycles. The third-order valence-corrected chi connectivity index (χ3v) is 2.48. The first-order valence-electron chi connectivity index (χ1n) is 5.40. The highest BCUT2D eigenvalue weighted by Gasteiger charge is 2.21. The molecule has 0 amide bonds. The van der Waals surface area contributed by atoms with Crippen molar-refractivity contribution in [2.45, 2.75) is 41.0 Å². The van der Waals surface area contributed by atoms with Crippen LogP contribution in [-0.2, 0) is 9.47 Å². The van der Waals surface area contributed by atoms with Crippen LogP contribution >= 0.6 is 0 Å². The summed E-state index contributed by atoms with van der Waals surface area (Å²) in [6.45, 7) is 13.3. The van der Waals surface area contributed by atoms with E-state index in [0.29, 0.717) is 5.41 Å². The van der Waals surface area contributed by atoms with E-state index < -0.39 is 0 Å². The normalized spacial score (nSPS) is 13.3. The van der Waals surface area contributed by atoms with Crippen molar-refractivity contribution in [2.24, 2.45) is 10.8 Å². The van der Waals surface area contributed by atoms with Gasteiger partial charge < -0.3 is 9.47 Å². The molecule has 0 aliphatic heterocycles. The fourth-order valence-corrected chi connectivity index (χ4v) is 1.14. The molecule has 0 saturated heterocycles. The van der Waals surface area contributed by atoms with Crippen molar-refractivity contribution in [3.05, 3.63) is 0 Å². The Morgan fingerprint density at radius 2 is 1.36 bits per heavy atom. The Balaban J connectivity index is 3.73. The molecule has 0 atom stereocenters. The van der Waals surface area contributed by atoms with Gasteiger partial charge >= 0.3 is 0 Å². The Bertz CT molecular complexity index is 150. The molecule has 86 valence electrons. The Morgan fingerprint density at radius 1 is 0.857 bits per heavy atom. The van der Waals surface area contributed by atoms with Gasteiger partial charge in [0.25, 0.3) is 0 Å². The maximum Gasteiger partial charge on any atom is 0.0539 e. The van der Waals surface area contributed by atoms with Crippen LogP contribution in [0.1, 0.15) is 41.0 Å². The quantitative estimate of drug-likeness (QED) is 0.631. The van der Waals surface area contributed by atoms with Crippen LogP contribution in [0.2, 0.25) is 0 Å². The van der Waals surface area contributed by atoms with Gasteiger partial charge in [0.15, 0.2) is 0 Å². The number of rotatable bonds is 7. The second kappa shape index (κ2) is 5.72. The van der Waals surface area contributed by atoms with Crippen molar-refractivity contribution in [1.29, 1.82) is 0 Å². The highest BCUT2D eigenvalue weighted by atomic mass is 16.5. The summed E-state index contributed by atoms with van der Waals surface area (Å²) < 4.78 is 10.9. The summed E-state index contributed by atoms with van der Waals surface area (Å²) >= 11 is 0. The minimum atomic E-state index is 0.124. The zero-order chi connectivity index (χ0) is 11.2. The Hall–Kier alpha value is -0.0800. The molecule has 0 aromatic heterocycles. The molecule has 0 unspecified atom stereocenters. The van der Waals surface area contributed by atoms with Crippen molar-refractivity contribution < 1.29 is 9.47 Å². The molecule has 0 saturated carbocycles. The monoisotopic (exact) mass is 202 g/mol. The molecule has 0 aromatic rings. The van der Waals surface area contributed by atoms with E-state index in [0.717, 1.165) is 26.2 Å². The lowest BCUT2D eigenvalue weighted by Gasteiger charge is -2.27. The minimum absolute atomic E-state index is 0.124. The van der Waals surface area contributed by atoms with Gasteiger partial charge in [-0.1, -0.05) is 34.6 Å². The van der Waals surface area contributed by atoms with Crippen LogP contribution in [0, 0.1) is 10.8 Å². The van der Waals surface area contributed by atoms with E-state index in [2.05, 4.69) is 34.6 Å². The Labute approximate surface area is 89.0 Å². The van der Waals surface area contributed by atoms with Crippen LogP contribution in [0.15, 0.2) is 0 Å². The van der Waals surface area contributed by atoms with Crippen molar-refractivity contribution in [1.82, 2.24) is 0 Å². The number of ether oxygens (including phenoxy) is 2. The molecule has 0 heterocycles. The smallest absolute Gasteiger partial charge is 0.0539 e. The molecular weight excluding hydrogens is 176 g/mol. The molecule has 0 aliphatic rings. The van der Waals surface area contributed by atoms with E-state index in [4.69, 9.17) is 9.47 Å². The largest absolute Gasteiger partial charge is 0.384 e. The minimum Gasteiger partial charge on any atom is -0.384 e. The molecule has 0 spiro atoms. The molecule has 0 rings (SSSR count). The topological polar surface area (TPSA) is 18.5 Å². The summed E-state index contributed by atoms with van der Waals surface area (Å²) in [5, 5.41) is 0. The van der Waals surface area contributed by atoms with Crippen molar-refractivity contribution >= 4 is 0 Å². The van der Waals surface area contributed by atoms with E-state index in [9.17, 15) is 0 Å². The second-order valence-electron chi connectivity index (χ2n) is 5.61. The van der Waals surface area contributed by atoms with Crippen molar-refractivity contribution in [3.63, 3.8) is 0 Å². The zero-order valence-corrected chi connectivity index (χ0v) is 10.6. The van der Waals surface area contributed by atoms with Gasteiger partial charge in [0.1, 0.15) is 0 Å². The Kier molecular flexibility index (Phi) is 5.68. The maximum atomic E-state index is 5.73. The number of methoxy groups -OCH3 is 1. The highest BCUT2D eigenvalue weighted by molar-refractivity contribution is 4.69. The fraction of sp³-hybridized carbons (Fsp3) is 1.00. The number of hydrogen-bond acceptors (Lipinski definition) is 2. The lowest BCUT2D eigenvalue weighted by Crippen LogP contribution is -2.28. The standard InChI is InChI=1S/C12H26O2/c1-7-11(2,3)9-14-10-12(4,5)8-13-6/h7-10H2,1-6H3. The highest BCUT2D eigenvalue weighted by Crippen LogP contribution is 2.22. The van der Waals surface area contributed by atoms with Gasteiger partial charge in [0.2, 0.25) is 0 Å². The predicted octanol–water partition coefficient (Wildman–Crippen LogP) is 3.11. The molecule has 0 N–H and O–H groups in total. The molecule has 2 nitrogen and oxygen atoms in total. The average Bonchev–Trinajstić information content (AvgIpc) is 2.03. The van der Waals surface area contributed by atoms with Crippen LogP contribution < -0.4 is 0 Å². The lowest BCUT2D eigenvalue weighted by molar-refractivity contribution is -0.0156. The summed E-state index contributed by atoms with van der Waals surface area (Å²) in [4.78, 5) is 0. The first-order valence-corrected chi connectivity index (χ1v) is 5.40. The van der Waals surface area contributed by atoms with E-state index >= 15 is 0 Å². The van der Waals surface area contributed by atoms with E-state index in [-0.39, 0.29) is 5.41 Å². The summed E-state index contributed by atoms with van der Waals surface area (Å²) in [6, 6.07) is 0. The van der Waals surface area contributed by atoms with Gasteiger partial charge in [-0.2, -0.15) is 0 Å². The fourth-order valence-electron chi connectivity index (χ4n) is 1.14. The first-order chi connectivity index (χ1) is 6.33. The van der Waals surface area contributed by atoms with Crippen LogP contribution in [-0.4, -0.2) is 26.9 Å². The molecule has 0 fully saturated rings. The van der Waals surface area contributed by atoms with Gasteiger partial charge in [-0.15, -0.1) is 0 Å². The summed E-state index contributed by atoms with van der Waals surface area (Å²) in [5.74, 6) is 0. The SMILES string of the molecule is CCC(C)(C)COCC(C)(C)COC. The van der Waals surface area contributed by atoms with Gasteiger partial charge in [0, 0.05) is 12.5 Å². The van der Waals surface area contributed by atoms with Gasteiger partial charge in [-0.3, -0.25) is 0 Å². The third-order valence-electron chi connectivity index (χ3n) is 2.48. The summed E-state index contributed by atoms with van der Waals surface area (Å²) in [7, 11) is 1.73. The Morgan fingerprint density at radius 3 is 1.79 bits per heavy atom. The molecule has 2 heteroatoms. The van der Waals surface area contributed by atoms with Crippen molar-refractivity contribution in [3.8, 4) is 0 Å². The van der Waals surface area contributed by atoms with E-state index in [1.807, 2.05) is 0 Å². The van der Waals surface area contributed by atoms with E-state index in [1.54, 1.807) is 7.11 Å². The molecular formula is C12H26O2. The van der Waals surface area contributed by atoms with E-state index in [1.165, 1.54) is 0 Å². The summed E-state index contributed by atoms with van der Waals surface area (Å²) in [5.41, 5.74) is 0.418. The van der Waals surface area contributed by atoms with Gasteiger partial charge in [0.05, 0.1) is 19.8 Å². The van der Waals surface area contributed by atoms with Crippen molar-refractivity contribution in [2.75, 3.05) is 26.9 Å². The lowest BCUT2D eigenvalue weighted by atomic mass is 9.91. The second-order valence-corrected chi connectivity index (χ2v) is 5.61. The molecule has 0 bridgehead atoms.